The molecule has 106 valence electrons. The van der Waals surface area contributed by atoms with E-state index in [1.807, 2.05) is 6.92 Å². The molecule has 1 amide bonds. The number of quaternary nitrogens is 1. The third kappa shape index (κ3) is 6.36. The van der Waals surface area contributed by atoms with Gasteiger partial charge in [-0.3, -0.25) is 9.55 Å². The highest BCUT2D eigenvalue weighted by Gasteiger charge is 2.19. The average Bonchev–Trinajstić information content (AvgIpc) is 2.32. The lowest BCUT2D eigenvalue weighted by molar-refractivity contribution is -0.915. The lowest BCUT2D eigenvalue weighted by Gasteiger charge is -2.41. The first-order valence-corrected chi connectivity index (χ1v) is 7.55. The number of carbonyl (C=O) groups excluding carboxylic acids is 1. The summed E-state index contributed by atoms with van der Waals surface area (Å²) in [6.07, 6.45) is 10.4. The number of carbonyl (C=O) groups is 1. The van der Waals surface area contributed by atoms with Crippen LogP contribution in [-0.4, -0.2) is 23.8 Å². The van der Waals surface area contributed by atoms with Crippen LogP contribution in [0.5, 0.6) is 0 Å². The van der Waals surface area contributed by atoms with Crippen molar-refractivity contribution >= 4 is 5.91 Å². The Hall–Kier alpha value is -0.610. The summed E-state index contributed by atoms with van der Waals surface area (Å²) in [5.74, 6) is -0.0716. The molecule has 0 aromatic carbocycles. The number of hydrogen-bond donors (Lipinski definition) is 1. The Morgan fingerprint density at radius 1 is 1.06 bits per heavy atom. The van der Waals surface area contributed by atoms with Crippen LogP contribution in [0.15, 0.2) is 0 Å². The van der Waals surface area contributed by atoms with Gasteiger partial charge in [-0.2, -0.15) is 0 Å². The van der Waals surface area contributed by atoms with Gasteiger partial charge >= 0.3 is 0 Å². The summed E-state index contributed by atoms with van der Waals surface area (Å²) in [6.45, 7) is 3.01. The van der Waals surface area contributed by atoms with Crippen LogP contribution in [0.3, 0.4) is 0 Å². The molecule has 0 bridgehead atoms. The quantitative estimate of drug-likeness (QED) is 0.609. The first-order chi connectivity index (χ1) is 8.66. The van der Waals surface area contributed by atoms with Crippen LogP contribution >= 0.6 is 0 Å². The minimum absolute atomic E-state index is 0.0716. The van der Waals surface area contributed by atoms with Crippen LogP contribution in [0.1, 0.15) is 71.1 Å². The van der Waals surface area contributed by atoms with Gasteiger partial charge in [0.2, 0.25) is 0 Å². The molecule has 1 unspecified atom stereocenters. The monoisotopic (exact) mass is 256 g/mol. The molecule has 0 aromatic rings. The standard InChI is InChI=1S/C14H28N2O2/c1-2-12-16(18)13-10-8-6-4-3-5-7-9-11-14(17)15-16/h2-13H2,1H3,(H,15,17). The van der Waals surface area contributed by atoms with Gasteiger partial charge in [-0.25, -0.2) is 5.43 Å². The van der Waals surface area contributed by atoms with E-state index in [-0.39, 0.29) is 5.91 Å². The zero-order chi connectivity index (χ0) is 13.3. The lowest BCUT2D eigenvalue weighted by Crippen LogP contribution is -2.56. The van der Waals surface area contributed by atoms with Gasteiger partial charge in [-0.15, -0.1) is 0 Å². The van der Waals surface area contributed by atoms with Crippen molar-refractivity contribution < 1.29 is 9.55 Å². The fourth-order valence-corrected chi connectivity index (χ4v) is 2.58. The summed E-state index contributed by atoms with van der Waals surface area (Å²) in [5.41, 5.74) is 2.68. The van der Waals surface area contributed by atoms with Crippen LogP contribution in [-0.2, 0) is 4.79 Å². The van der Waals surface area contributed by atoms with Gasteiger partial charge in [-0.1, -0.05) is 39.0 Å². The molecule has 0 saturated carbocycles. The largest absolute Gasteiger partial charge is 0.606 e. The van der Waals surface area contributed by atoms with Crippen molar-refractivity contribution in [3.05, 3.63) is 5.21 Å². The predicted molar refractivity (Wildman–Crippen MR) is 73.3 cm³/mol. The molecule has 18 heavy (non-hydrogen) atoms. The van der Waals surface area contributed by atoms with Gasteiger partial charge in [-0.05, 0) is 25.7 Å². The van der Waals surface area contributed by atoms with E-state index in [4.69, 9.17) is 0 Å². The molecule has 0 aliphatic carbocycles. The van der Waals surface area contributed by atoms with Crippen LogP contribution in [0.4, 0.5) is 0 Å². The summed E-state index contributed by atoms with van der Waals surface area (Å²) >= 11 is 0. The smallest absolute Gasteiger partial charge is 0.265 e. The van der Waals surface area contributed by atoms with E-state index in [9.17, 15) is 10.0 Å². The fraction of sp³-hybridized carbons (Fsp3) is 0.929. The van der Waals surface area contributed by atoms with Gasteiger partial charge in [0, 0.05) is 6.42 Å². The van der Waals surface area contributed by atoms with Gasteiger partial charge in [0.25, 0.3) is 5.91 Å². The van der Waals surface area contributed by atoms with Crippen LogP contribution in [0.2, 0.25) is 0 Å². The van der Waals surface area contributed by atoms with E-state index < -0.39 is 4.76 Å². The summed E-state index contributed by atoms with van der Waals surface area (Å²) in [4.78, 5) is 11.7. The first kappa shape index (κ1) is 15.4. The number of nitrogens with one attached hydrogen (secondary N) is 1. The highest BCUT2D eigenvalue weighted by Crippen LogP contribution is 2.13. The summed E-state index contributed by atoms with van der Waals surface area (Å²) in [5, 5.41) is 12.5. The molecule has 1 saturated heterocycles. The Bertz CT molecular complexity index is 246. The van der Waals surface area contributed by atoms with Crippen molar-refractivity contribution in [2.24, 2.45) is 0 Å². The van der Waals surface area contributed by atoms with Gasteiger partial charge in [0.15, 0.2) is 0 Å². The SMILES string of the molecule is CCC[N+]1([O-])CCCCCCCCCCC(=O)N1. The number of amides is 1. The summed E-state index contributed by atoms with van der Waals surface area (Å²) in [7, 11) is 0. The number of hydrogen-bond acceptors (Lipinski definition) is 2. The van der Waals surface area contributed by atoms with Crippen LogP contribution in [0, 0.1) is 5.21 Å². The zero-order valence-corrected chi connectivity index (χ0v) is 11.7. The average molecular weight is 256 g/mol. The Labute approximate surface area is 111 Å². The molecule has 1 N–H and O–H groups in total. The van der Waals surface area contributed by atoms with Gasteiger partial charge < -0.3 is 5.21 Å². The second-order valence-corrected chi connectivity index (χ2v) is 5.45. The topological polar surface area (TPSA) is 52.2 Å². The van der Waals surface area contributed by atoms with Crippen molar-refractivity contribution in [2.75, 3.05) is 13.1 Å². The number of nitrogens with zero attached hydrogens (tertiary/aromatic N) is 1. The summed E-state index contributed by atoms with van der Waals surface area (Å²) in [6, 6.07) is 0. The molecule has 0 aromatic heterocycles. The first-order valence-electron chi connectivity index (χ1n) is 7.55. The molecule has 1 heterocycles. The van der Waals surface area contributed by atoms with Crippen molar-refractivity contribution in [2.45, 2.75) is 71.1 Å². The van der Waals surface area contributed by atoms with E-state index in [1.165, 1.54) is 25.7 Å². The molecule has 1 aliphatic rings. The third-order valence-corrected chi connectivity index (χ3v) is 3.59. The van der Waals surface area contributed by atoms with Gasteiger partial charge in [0.05, 0.1) is 0 Å². The summed E-state index contributed by atoms with van der Waals surface area (Å²) < 4.78 is -0.519. The predicted octanol–water partition coefficient (Wildman–Crippen LogP) is 3.27. The number of rotatable bonds is 2. The second kappa shape index (κ2) is 8.48. The van der Waals surface area contributed by atoms with E-state index in [0.29, 0.717) is 19.5 Å². The Morgan fingerprint density at radius 2 is 1.61 bits per heavy atom. The highest BCUT2D eigenvalue weighted by molar-refractivity contribution is 5.74. The number of hydroxylamine groups is 2. The van der Waals surface area contributed by atoms with Crippen LogP contribution in [0.25, 0.3) is 0 Å². The minimum Gasteiger partial charge on any atom is -0.606 e. The molecule has 1 atom stereocenters. The second-order valence-electron chi connectivity index (χ2n) is 5.45. The maximum absolute atomic E-state index is 12.5. The van der Waals surface area contributed by atoms with E-state index in [2.05, 4.69) is 5.43 Å². The molecule has 4 nitrogen and oxygen atoms in total. The maximum Gasteiger partial charge on any atom is 0.265 e. The fourth-order valence-electron chi connectivity index (χ4n) is 2.58. The molecule has 1 fully saturated rings. The zero-order valence-electron chi connectivity index (χ0n) is 11.7. The molecule has 0 radical (unpaired) electrons. The van der Waals surface area contributed by atoms with Crippen molar-refractivity contribution in [3.8, 4) is 0 Å². The molecule has 0 spiro atoms. The highest BCUT2D eigenvalue weighted by atomic mass is 16.6. The molecular weight excluding hydrogens is 228 g/mol. The Morgan fingerprint density at radius 3 is 2.22 bits per heavy atom. The Kier molecular flexibility index (Phi) is 7.28. The lowest BCUT2D eigenvalue weighted by atomic mass is 10.1. The third-order valence-electron chi connectivity index (χ3n) is 3.59. The minimum atomic E-state index is -0.519. The van der Waals surface area contributed by atoms with Crippen LogP contribution < -0.4 is 5.43 Å². The van der Waals surface area contributed by atoms with Gasteiger partial charge in [0.1, 0.15) is 13.1 Å². The van der Waals surface area contributed by atoms with E-state index in [0.717, 1.165) is 32.1 Å². The normalized spacial score (nSPS) is 28.7. The van der Waals surface area contributed by atoms with E-state index >= 15 is 0 Å². The van der Waals surface area contributed by atoms with Crippen molar-refractivity contribution in [1.29, 1.82) is 0 Å². The molecule has 4 heteroatoms. The molecule has 1 aliphatic heterocycles. The maximum atomic E-state index is 12.5. The van der Waals surface area contributed by atoms with E-state index in [1.54, 1.807) is 0 Å². The molecular formula is C14H28N2O2. The Balaban J connectivity index is 2.50. The van der Waals surface area contributed by atoms with Crippen molar-refractivity contribution in [1.82, 2.24) is 5.43 Å². The molecule has 1 rings (SSSR count). The van der Waals surface area contributed by atoms with Crippen molar-refractivity contribution in [3.63, 3.8) is 0 Å².